The van der Waals surface area contributed by atoms with E-state index in [1.807, 2.05) is 30.0 Å². The smallest absolute Gasteiger partial charge is 0.123 e. The first-order valence-corrected chi connectivity index (χ1v) is 11.2. The van der Waals surface area contributed by atoms with E-state index in [0.717, 1.165) is 50.4 Å². The third-order valence-electron chi connectivity index (χ3n) is 5.87. The number of hydrogen-bond donors (Lipinski definition) is 1. The van der Waals surface area contributed by atoms with Gasteiger partial charge in [0.25, 0.3) is 0 Å². The fraction of sp³-hybridized carbons (Fsp3) is 0.478. The topological polar surface area (TPSA) is 26.7 Å². The van der Waals surface area contributed by atoms with E-state index in [-0.39, 0.29) is 11.9 Å². The van der Waals surface area contributed by atoms with Crippen molar-refractivity contribution in [2.45, 2.75) is 41.9 Å². The molecule has 0 saturated carbocycles. The Hall–Kier alpha value is -1.56. The number of unbranched alkanes of at least 4 members (excludes halogenated alkanes) is 1. The Morgan fingerprint density at radius 2 is 1.71 bits per heavy atom. The molecule has 3 nitrogen and oxygen atoms in total. The second kappa shape index (κ2) is 9.29. The number of fused-ring (bicyclic) bond motifs is 1. The van der Waals surface area contributed by atoms with Gasteiger partial charge in [0.1, 0.15) is 5.82 Å². The molecule has 5 heteroatoms. The third-order valence-corrected chi connectivity index (χ3v) is 7.26. The Labute approximate surface area is 171 Å². The molecule has 0 spiro atoms. The predicted molar refractivity (Wildman–Crippen MR) is 115 cm³/mol. The molecule has 0 aliphatic carbocycles. The highest BCUT2D eigenvalue weighted by Crippen LogP contribution is 2.42. The van der Waals surface area contributed by atoms with Gasteiger partial charge in [0.05, 0.1) is 6.10 Å². The molecule has 2 aliphatic rings. The van der Waals surface area contributed by atoms with Gasteiger partial charge in [-0.1, -0.05) is 24.6 Å². The quantitative estimate of drug-likeness (QED) is 0.710. The van der Waals surface area contributed by atoms with E-state index in [4.69, 9.17) is 0 Å². The molecule has 2 aromatic carbocycles. The molecule has 150 valence electrons. The molecule has 0 bridgehead atoms. The zero-order valence-electron chi connectivity index (χ0n) is 16.3. The summed E-state index contributed by atoms with van der Waals surface area (Å²) >= 11 is 1.94. The molecule has 2 unspecified atom stereocenters. The van der Waals surface area contributed by atoms with Crippen LogP contribution in [-0.2, 0) is 0 Å². The summed E-state index contributed by atoms with van der Waals surface area (Å²) in [5, 5.41) is 10.9. The Morgan fingerprint density at radius 1 is 0.964 bits per heavy atom. The summed E-state index contributed by atoms with van der Waals surface area (Å²) in [4.78, 5) is 6.13. The summed E-state index contributed by atoms with van der Waals surface area (Å²) in [5.41, 5.74) is 2.22. The maximum Gasteiger partial charge on any atom is 0.123 e. The van der Waals surface area contributed by atoms with Crippen LogP contribution < -0.4 is 4.90 Å². The molecular formula is C23H29FN2OS. The van der Waals surface area contributed by atoms with E-state index in [2.05, 4.69) is 28.0 Å². The van der Waals surface area contributed by atoms with Crippen LogP contribution >= 0.6 is 11.8 Å². The number of rotatable bonds is 6. The number of aliphatic hydroxyl groups excluding tert-OH is 1. The van der Waals surface area contributed by atoms with Crippen molar-refractivity contribution in [3.8, 4) is 0 Å². The van der Waals surface area contributed by atoms with Gasteiger partial charge in [0.15, 0.2) is 0 Å². The zero-order chi connectivity index (χ0) is 19.3. The van der Waals surface area contributed by atoms with Gasteiger partial charge in [-0.05, 0) is 61.7 Å². The second-order valence-corrected chi connectivity index (χ2v) is 9.17. The van der Waals surface area contributed by atoms with Crippen molar-refractivity contribution in [1.82, 2.24) is 4.90 Å². The Kier molecular flexibility index (Phi) is 6.55. The van der Waals surface area contributed by atoms with Crippen LogP contribution in [-0.4, -0.2) is 48.0 Å². The number of anilines is 1. The second-order valence-electron chi connectivity index (χ2n) is 7.83. The van der Waals surface area contributed by atoms with Gasteiger partial charge in [-0.3, -0.25) is 4.90 Å². The van der Waals surface area contributed by atoms with Crippen LogP contribution in [0, 0.1) is 5.82 Å². The van der Waals surface area contributed by atoms with E-state index in [0.29, 0.717) is 5.25 Å². The highest BCUT2D eigenvalue weighted by Gasteiger charge is 2.25. The van der Waals surface area contributed by atoms with Crippen molar-refractivity contribution in [1.29, 1.82) is 0 Å². The van der Waals surface area contributed by atoms with Gasteiger partial charge in [0, 0.05) is 42.0 Å². The Bertz CT molecular complexity index is 761. The lowest BCUT2D eigenvalue weighted by Crippen LogP contribution is -2.46. The van der Waals surface area contributed by atoms with Crippen molar-refractivity contribution in [2.75, 3.05) is 37.6 Å². The first-order valence-electron chi connectivity index (χ1n) is 10.4. The third kappa shape index (κ3) is 4.88. The predicted octanol–water partition coefficient (Wildman–Crippen LogP) is 4.72. The van der Waals surface area contributed by atoms with Crippen molar-refractivity contribution < 1.29 is 9.50 Å². The molecule has 0 amide bonds. The van der Waals surface area contributed by atoms with Gasteiger partial charge in [-0.15, -0.1) is 11.8 Å². The molecule has 2 atom stereocenters. The lowest BCUT2D eigenvalue weighted by molar-refractivity contribution is 0.159. The molecular weight excluding hydrogens is 371 g/mol. The normalized spacial score (nSPS) is 22.9. The summed E-state index contributed by atoms with van der Waals surface area (Å²) in [6.45, 7) is 5.30. The van der Waals surface area contributed by atoms with Crippen molar-refractivity contribution in [3.63, 3.8) is 0 Å². The number of piperazine rings is 1. The molecule has 4 rings (SSSR count). The molecule has 0 aromatic heterocycles. The van der Waals surface area contributed by atoms with Crippen LogP contribution in [0.15, 0.2) is 53.4 Å². The number of nitrogens with zero attached hydrogens (tertiary/aromatic N) is 2. The van der Waals surface area contributed by atoms with Crippen molar-refractivity contribution in [2.24, 2.45) is 0 Å². The number of halogens is 1. The van der Waals surface area contributed by atoms with E-state index in [1.54, 1.807) is 12.1 Å². The average Bonchev–Trinajstić information content (AvgIpc) is 2.72. The van der Waals surface area contributed by atoms with Crippen LogP contribution in [0.5, 0.6) is 0 Å². The number of hydrogen-bond acceptors (Lipinski definition) is 4. The molecule has 2 heterocycles. The first kappa shape index (κ1) is 19.7. The maximum atomic E-state index is 13.1. The van der Waals surface area contributed by atoms with Gasteiger partial charge < -0.3 is 10.0 Å². The van der Waals surface area contributed by atoms with Gasteiger partial charge in [0.2, 0.25) is 0 Å². The summed E-state index contributed by atoms with van der Waals surface area (Å²) in [5.74, 6) is -0.172. The Morgan fingerprint density at radius 3 is 2.50 bits per heavy atom. The summed E-state index contributed by atoms with van der Waals surface area (Å²) in [7, 11) is 0. The standard InChI is InChI=1S/C23H29FN2OS/c24-18-8-10-19(11-9-18)26-15-13-25(14-16-26)12-4-3-5-20-17-22(27)21-6-1-2-7-23(21)28-20/h1-2,6-11,20,22,27H,3-5,12-17H2. The Balaban J connectivity index is 1.15. The number of benzene rings is 2. The van der Waals surface area contributed by atoms with Crippen molar-refractivity contribution in [3.05, 3.63) is 59.9 Å². The first-order chi connectivity index (χ1) is 13.7. The maximum absolute atomic E-state index is 13.1. The fourth-order valence-corrected chi connectivity index (χ4v) is 5.65. The summed E-state index contributed by atoms with van der Waals surface area (Å²) in [6, 6.07) is 15.1. The van der Waals surface area contributed by atoms with Crippen LogP contribution in [0.2, 0.25) is 0 Å². The number of aliphatic hydroxyl groups is 1. The van der Waals surface area contributed by atoms with E-state index in [1.165, 1.54) is 24.2 Å². The summed E-state index contributed by atoms with van der Waals surface area (Å²) in [6.07, 6.45) is 4.17. The largest absolute Gasteiger partial charge is 0.388 e. The van der Waals surface area contributed by atoms with Gasteiger partial charge in [-0.25, -0.2) is 4.39 Å². The van der Waals surface area contributed by atoms with E-state index < -0.39 is 0 Å². The van der Waals surface area contributed by atoms with Crippen molar-refractivity contribution >= 4 is 17.4 Å². The zero-order valence-corrected chi connectivity index (χ0v) is 17.1. The lowest BCUT2D eigenvalue weighted by Gasteiger charge is -2.36. The highest BCUT2D eigenvalue weighted by atomic mass is 32.2. The van der Waals surface area contributed by atoms with Crippen LogP contribution in [0.3, 0.4) is 0 Å². The minimum Gasteiger partial charge on any atom is -0.388 e. The molecule has 1 fully saturated rings. The van der Waals surface area contributed by atoms with Gasteiger partial charge in [-0.2, -0.15) is 0 Å². The molecule has 2 aromatic rings. The molecule has 28 heavy (non-hydrogen) atoms. The van der Waals surface area contributed by atoms with Crippen LogP contribution in [0.25, 0.3) is 0 Å². The number of thioether (sulfide) groups is 1. The van der Waals surface area contributed by atoms with E-state index in [9.17, 15) is 9.50 Å². The molecule has 1 saturated heterocycles. The van der Waals surface area contributed by atoms with Crippen LogP contribution in [0.4, 0.5) is 10.1 Å². The van der Waals surface area contributed by atoms with Crippen LogP contribution in [0.1, 0.15) is 37.4 Å². The fourth-order valence-electron chi connectivity index (χ4n) is 4.23. The lowest BCUT2D eigenvalue weighted by atomic mass is 10.0. The minimum absolute atomic E-state index is 0.172. The SMILES string of the molecule is OC1CC(CCCCN2CCN(c3ccc(F)cc3)CC2)Sc2ccccc21. The summed E-state index contributed by atoms with van der Waals surface area (Å²) < 4.78 is 13.1. The molecule has 2 aliphatic heterocycles. The molecule has 0 radical (unpaired) electrons. The average molecular weight is 401 g/mol. The highest BCUT2D eigenvalue weighted by molar-refractivity contribution is 8.00. The molecule has 1 N–H and O–H groups in total. The minimum atomic E-state index is -0.304. The monoisotopic (exact) mass is 400 g/mol. The van der Waals surface area contributed by atoms with E-state index >= 15 is 0 Å². The van der Waals surface area contributed by atoms with Gasteiger partial charge >= 0.3 is 0 Å².